The van der Waals surface area contributed by atoms with Crippen LogP contribution >= 0.6 is 0 Å². The highest BCUT2D eigenvalue weighted by molar-refractivity contribution is 5.88. The lowest BCUT2D eigenvalue weighted by atomic mass is 10.2. The predicted octanol–water partition coefficient (Wildman–Crippen LogP) is 2.48. The largest absolute Gasteiger partial charge is 0.478 e. The minimum absolute atomic E-state index is 0.257. The number of carboxylic acid groups (broad SMARTS) is 1. The maximum Gasteiger partial charge on any atom is 0.335 e. The number of hydrogen-bond donors (Lipinski definition) is 2. The van der Waals surface area contributed by atoms with Crippen LogP contribution in [0, 0.1) is 6.92 Å². The highest BCUT2D eigenvalue weighted by Crippen LogP contribution is 2.09. The van der Waals surface area contributed by atoms with Crippen molar-refractivity contribution in [2.24, 2.45) is 12.1 Å². The third-order valence-corrected chi connectivity index (χ3v) is 2.93. The fourth-order valence-corrected chi connectivity index (χ4v) is 1.62. The van der Waals surface area contributed by atoms with Crippen LogP contribution in [0.2, 0.25) is 0 Å². The van der Waals surface area contributed by atoms with E-state index in [9.17, 15) is 4.79 Å². The van der Waals surface area contributed by atoms with Gasteiger partial charge in [0.25, 0.3) is 0 Å². The molecular weight excluding hydrogens is 242 g/mol. The van der Waals surface area contributed by atoms with Gasteiger partial charge in [-0.2, -0.15) is 5.10 Å². The van der Waals surface area contributed by atoms with Crippen molar-refractivity contribution in [3.63, 3.8) is 0 Å². The number of aryl methyl sites for hydroxylation is 1. The van der Waals surface area contributed by atoms with Crippen molar-refractivity contribution in [1.82, 2.24) is 4.57 Å². The molecule has 0 fully saturated rings. The van der Waals surface area contributed by atoms with Gasteiger partial charge in [-0.15, -0.1) is 0 Å². The number of aromatic nitrogens is 1. The molecule has 2 N–H and O–H groups in total. The van der Waals surface area contributed by atoms with Gasteiger partial charge in [0, 0.05) is 12.7 Å². The third-order valence-electron chi connectivity index (χ3n) is 2.93. The van der Waals surface area contributed by atoms with E-state index in [4.69, 9.17) is 5.11 Å². The number of rotatable bonds is 4. The van der Waals surface area contributed by atoms with E-state index in [-0.39, 0.29) is 5.56 Å². The van der Waals surface area contributed by atoms with E-state index in [1.165, 1.54) is 12.1 Å². The molecule has 5 nitrogen and oxygen atoms in total. The normalized spacial score (nSPS) is 10.8. The Morgan fingerprint density at radius 3 is 2.47 bits per heavy atom. The summed E-state index contributed by atoms with van der Waals surface area (Å²) in [6.07, 6.45) is 1.72. The van der Waals surface area contributed by atoms with Crippen LogP contribution in [0.15, 0.2) is 41.5 Å². The van der Waals surface area contributed by atoms with Crippen molar-refractivity contribution < 1.29 is 9.90 Å². The zero-order chi connectivity index (χ0) is 13.8. The van der Waals surface area contributed by atoms with Gasteiger partial charge in [-0.05, 0) is 43.3 Å². The summed E-state index contributed by atoms with van der Waals surface area (Å²) >= 11 is 0. The van der Waals surface area contributed by atoms with Crippen molar-refractivity contribution >= 4 is 17.9 Å². The molecule has 0 amide bonds. The molecule has 98 valence electrons. The number of nitrogens with one attached hydrogen (secondary N) is 1. The molecule has 0 saturated carbocycles. The molecule has 0 saturated heterocycles. The number of hydrogen-bond acceptors (Lipinski definition) is 3. The number of benzene rings is 1. The van der Waals surface area contributed by atoms with E-state index in [0.29, 0.717) is 0 Å². The highest BCUT2D eigenvalue weighted by atomic mass is 16.4. The van der Waals surface area contributed by atoms with Gasteiger partial charge in [-0.1, -0.05) is 0 Å². The monoisotopic (exact) mass is 257 g/mol. The lowest BCUT2D eigenvalue weighted by molar-refractivity contribution is 0.0697. The number of hydrazone groups is 1. The van der Waals surface area contributed by atoms with Gasteiger partial charge in [-0.3, -0.25) is 5.43 Å². The quantitative estimate of drug-likeness (QED) is 0.653. The molecule has 2 rings (SSSR count). The predicted molar refractivity (Wildman–Crippen MR) is 74.8 cm³/mol. The Hall–Kier alpha value is -2.56. The van der Waals surface area contributed by atoms with Crippen LogP contribution in [0.5, 0.6) is 0 Å². The first-order chi connectivity index (χ1) is 9.08. The highest BCUT2D eigenvalue weighted by Gasteiger charge is 2.01. The van der Waals surface area contributed by atoms with Crippen LogP contribution in [0.3, 0.4) is 0 Å². The van der Waals surface area contributed by atoms with Crippen molar-refractivity contribution in [3.05, 3.63) is 53.3 Å². The summed E-state index contributed by atoms with van der Waals surface area (Å²) in [6, 6.07) is 10.4. The molecule has 2 aromatic rings. The fraction of sp³-hybridized carbons (Fsp3) is 0.143. The molecule has 0 aliphatic heterocycles. The number of anilines is 1. The van der Waals surface area contributed by atoms with Crippen LogP contribution in [0.1, 0.15) is 21.7 Å². The van der Waals surface area contributed by atoms with Crippen molar-refractivity contribution in [2.75, 3.05) is 5.43 Å². The maximum atomic E-state index is 10.7. The Morgan fingerprint density at radius 1 is 1.26 bits per heavy atom. The molecule has 0 aliphatic carbocycles. The van der Waals surface area contributed by atoms with Crippen molar-refractivity contribution in [1.29, 1.82) is 0 Å². The summed E-state index contributed by atoms with van der Waals surface area (Å²) in [5, 5.41) is 12.9. The van der Waals surface area contributed by atoms with Gasteiger partial charge in [0.1, 0.15) is 0 Å². The van der Waals surface area contributed by atoms with Crippen LogP contribution in [0.4, 0.5) is 5.69 Å². The van der Waals surface area contributed by atoms with Crippen LogP contribution < -0.4 is 5.43 Å². The average molecular weight is 257 g/mol. The van der Waals surface area contributed by atoms with Gasteiger partial charge in [-0.25, -0.2) is 4.79 Å². The first-order valence-electron chi connectivity index (χ1n) is 5.82. The van der Waals surface area contributed by atoms with Gasteiger partial charge >= 0.3 is 5.97 Å². The summed E-state index contributed by atoms with van der Waals surface area (Å²) in [6.45, 7) is 2.02. The second-order valence-electron chi connectivity index (χ2n) is 4.21. The van der Waals surface area contributed by atoms with Crippen LogP contribution in [-0.2, 0) is 7.05 Å². The summed E-state index contributed by atoms with van der Waals surface area (Å²) in [4.78, 5) is 10.7. The topological polar surface area (TPSA) is 66.6 Å². The first kappa shape index (κ1) is 12.9. The molecule has 5 heteroatoms. The smallest absolute Gasteiger partial charge is 0.335 e. The first-order valence-corrected chi connectivity index (χ1v) is 5.82. The van der Waals surface area contributed by atoms with E-state index >= 15 is 0 Å². The van der Waals surface area contributed by atoms with Gasteiger partial charge in [0.2, 0.25) is 0 Å². The molecule has 1 heterocycles. The molecule has 0 aliphatic rings. The van der Waals surface area contributed by atoms with Gasteiger partial charge < -0.3 is 9.67 Å². The Balaban J connectivity index is 2.02. The van der Waals surface area contributed by atoms with Gasteiger partial charge in [0.15, 0.2) is 0 Å². The molecule has 0 atom stereocenters. The summed E-state index contributed by atoms with van der Waals surface area (Å²) < 4.78 is 2.03. The summed E-state index contributed by atoms with van der Waals surface area (Å²) in [5.74, 6) is -0.936. The molecule has 1 aromatic heterocycles. The zero-order valence-corrected chi connectivity index (χ0v) is 10.8. The lowest BCUT2D eigenvalue weighted by Crippen LogP contribution is -1.99. The zero-order valence-electron chi connectivity index (χ0n) is 10.8. The van der Waals surface area contributed by atoms with Gasteiger partial charge in [0.05, 0.1) is 23.2 Å². The number of aromatic carboxylic acids is 1. The Kier molecular flexibility index (Phi) is 3.66. The molecule has 0 unspecified atom stereocenters. The lowest BCUT2D eigenvalue weighted by Gasteiger charge is -2.02. The van der Waals surface area contributed by atoms with E-state index < -0.39 is 5.97 Å². The standard InChI is InChI=1S/C14H15N3O2/c1-10-3-8-13(17(10)2)9-15-16-12-6-4-11(5-7-12)14(18)19/h3-9,16H,1-2H3,(H,18,19)/b15-9-. The number of carbonyl (C=O) groups is 1. The van der Waals surface area contributed by atoms with E-state index in [0.717, 1.165) is 17.1 Å². The van der Waals surface area contributed by atoms with E-state index in [1.807, 2.05) is 30.7 Å². The van der Waals surface area contributed by atoms with Crippen molar-refractivity contribution in [2.45, 2.75) is 6.92 Å². The Labute approximate surface area is 111 Å². The minimum atomic E-state index is -0.936. The molecule has 19 heavy (non-hydrogen) atoms. The molecule has 0 radical (unpaired) electrons. The number of nitrogens with zero attached hydrogens (tertiary/aromatic N) is 2. The SMILES string of the molecule is Cc1ccc(/C=N\Nc2ccc(C(=O)O)cc2)n1C. The second-order valence-corrected chi connectivity index (χ2v) is 4.21. The Morgan fingerprint density at radius 2 is 1.95 bits per heavy atom. The summed E-state index contributed by atoms with van der Waals surface area (Å²) in [7, 11) is 1.97. The average Bonchev–Trinajstić information content (AvgIpc) is 2.71. The van der Waals surface area contributed by atoms with E-state index in [1.54, 1.807) is 18.3 Å². The van der Waals surface area contributed by atoms with E-state index in [2.05, 4.69) is 10.5 Å². The maximum absolute atomic E-state index is 10.7. The minimum Gasteiger partial charge on any atom is -0.478 e. The Bertz CT molecular complexity index is 612. The second kappa shape index (κ2) is 5.39. The van der Waals surface area contributed by atoms with Crippen LogP contribution in [0.25, 0.3) is 0 Å². The molecule has 0 spiro atoms. The van der Waals surface area contributed by atoms with Crippen molar-refractivity contribution in [3.8, 4) is 0 Å². The summed E-state index contributed by atoms with van der Waals surface area (Å²) in [5.41, 5.74) is 6.01. The molecule has 0 bridgehead atoms. The fourth-order valence-electron chi connectivity index (χ4n) is 1.62. The number of carboxylic acids is 1. The van der Waals surface area contributed by atoms with Crippen LogP contribution in [-0.4, -0.2) is 21.9 Å². The third kappa shape index (κ3) is 3.01. The molecular formula is C14H15N3O2. The molecule has 1 aromatic carbocycles.